The predicted octanol–water partition coefficient (Wildman–Crippen LogP) is 12.4. The van der Waals surface area contributed by atoms with Crippen molar-refractivity contribution < 1.29 is 32.8 Å². The number of allylic oxidation sites excluding steroid dienone is 8. The second-order valence-electron chi connectivity index (χ2n) is 13.8. The molecular weight excluding hydrogens is 673 g/mol. The van der Waals surface area contributed by atoms with Gasteiger partial charge in [-0.2, -0.15) is 0 Å². The highest BCUT2D eigenvalue weighted by atomic mass is 31.2. The number of nitrogens with two attached hydrogens (primary N) is 1. The molecule has 0 aliphatic heterocycles. The van der Waals surface area contributed by atoms with E-state index in [1.807, 2.05) is 0 Å². The molecule has 0 aliphatic carbocycles. The zero-order valence-corrected chi connectivity index (χ0v) is 34.4. The van der Waals surface area contributed by atoms with Crippen molar-refractivity contribution in [1.29, 1.82) is 0 Å². The van der Waals surface area contributed by atoms with Crippen LogP contribution in [0.1, 0.15) is 181 Å². The normalized spacial score (nSPS) is 14.0. The molecule has 3 N–H and O–H groups in total. The van der Waals surface area contributed by atoms with Gasteiger partial charge in [-0.1, -0.05) is 146 Å². The van der Waals surface area contributed by atoms with Crippen molar-refractivity contribution in [3.05, 3.63) is 48.6 Å². The van der Waals surface area contributed by atoms with Crippen molar-refractivity contribution >= 4 is 13.8 Å². The van der Waals surface area contributed by atoms with Gasteiger partial charge in [0.25, 0.3) is 0 Å². The summed E-state index contributed by atoms with van der Waals surface area (Å²) in [5.74, 6) is -0.346. The second kappa shape index (κ2) is 40.6. The van der Waals surface area contributed by atoms with Crippen LogP contribution < -0.4 is 5.73 Å². The lowest BCUT2D eigenvalue weighted by Crippen LogP contribution is -2.28. The molecule has 0 bridgehead atoms. The third kappa shape index (κ3) is 39.7. The molecule has 8 nitrogen and oxygen atoms in total. The molecule has 52 heavy (non-hydrogen) atoms. The summed E-state index contributed by atoms with van der Waals surface area (Å²) in [6.07, 6.45) is 46.9. The van der Waals surface area contributed by atoms with E-state index in [-0.39, 0.29) is 32.3 Å². The Morgan fingerprint density at radius 1 is 0.577 bits per heavy atom. The maximum absolute atomic E-state index is 12.6. The average molecular weight is 754 g/mol. The highest BCUT2D eigenvalue weighted by molar-refractivity contribution is 7.47. The van der Waals surface area contributed by atoms with E-state index >= 15 is 0 Å². The molecule has 0 aromatic rings. The number of esters is 1. The van der Waals surface area contributed by atoms with Crippen LogP contribution in [0.25, 0.3) is 0 Å². The first-order chi connectivity index (χ1) is 25.4. The molecule has 0 aliphatic rings. The van der Waals surface area contributed by atoms with Crippen LogP contribution >= 0.6 is 7.82 Å². The number of phosphoric acid groups is 1. The van der Waals surface area contributed by atoms with Gasteiger partial charge in [-0.05, 0) is 77.0 Å². The minimum absolute atomic E-state index is 0.0955. The minimum atomic E-state index is -4.28. The predicted molar refractivity (Wildman–Crippen MR) is 219 cm³/mol. The standard InChI is InChI=1S/C43H80NO7P/c1-3-5-7-9-11-13-15-17-19-20-21-22-23-24-26-28-30-32-34-36-43(45)51-42(41-50-52(46,47)49-39-37-44)40-48-38-35-33-31-29-27-25-18-16-14-12-10-8-6-4-2/h11,13-14,16-17,19,21-22,42H,3-10,12,15,18,20,23-41,44H2,1-2H3,(H,46,47)/b13-11-,16-14-,19-17-,22-21-. The van der Waals surface area contributed by atoms with Crippen molar-refractivity contribution in [2.45, 2.75) is 187 Å². The third-order valence-electron chi connectivity index (χ3n) is 8.72. The van der Waals surface area contributed by atoms with E-state index in [4.69, 9.17) is 24.3 Å². The molecule has 0 heterocycles. The molecule has 2 atom stereocenters. The Kier molecular flexibility index (Phi) is 39.4. The summed E-state index contributed by atoms with van der Waals surface area (Å²) in [7, 11) is -4.28. The van der Waals surface area contributed by atoms with Gasteiger partial charge >= 0.3 is 13.8 Å². The van der Waals surface area contributed by atoms with E-state index in [0.29, 0.717) is 13.0 Å². The van der Waals surface area contributed by atoms with Gasteiger partial charge in [-0.3, -0.25) is 13.8 Å². The summed E-state index contributed by atoms with van der Waals surface area (Å²) in [5.41, 5.74) is 5.36. The number of carbonyl (C=O) groups excluding carboxylic acids is 1. The number of hydrogen-bond donors (Lipinski definition) is 2. The lowest BCUT2D eigenvalue weighted by molar-refractivity contribution is -0.154. The van der Waals surface area contributed by atoms with Gasteiger partial charge in [0.1, 0.15) is 6.10 Å². The van der Waals surface area contributed by atoms with E-state index in [1.165, 1.54) is 103 Å². The van der Waals surface area contributed by atoms with Crippen LogP contribution in [0.5, 0.6) is 0 Å². The van der Waals surface area contributed by atoms with Crippen LogP contribution in [-0.2, 0) is 27.9 Å². The van der Waals surface area contributed by atoms with Crippen molar-refractivity contribution in [3.8, 4) is 0 Å². The van der Waals surface area contributed by atoms with Crippen molar-refractivity contribution in [3.63, 3.8) is 0 Å². The molecule has 0 saturated heterocycles. The van der Waals surface area contributed by atoms with Gasteiger partial charge in [-0.25, -0.2) is 4.57 Å². The number of ether oxygens (including phenoxy) is 2. The molecular formula is C43H80NO7P. The van der Waals surface area contributed by atoms with Crippen LogP contribution in [0.3, 0.4) is 0 Å². The van der Waals surface area contributed by atoms with E-state index in [2.05, 4.69) is 62.5 Å². The van der Waals surface area contributed by atoms with Crippen LogP contribution in [-0.4, -0.2) is 49.9 Å². The Balaban J connectivity index is 4.08. The number of carbonyl (C=O) groups is 1. The van der Waals surface area contributed by atoms with Gasteiger partial charge in [-0.15, -0.1) is 0 Å². The maximum Gasteiger partial charge on any atom is 0.472 e. The van der Waals surface area contributed by atoms with Crippen LogP contribution in [0, 0.1) is 0 Å². The fraction of sp³-hybridized carbons (Fsp3) is 0.791. The van der Waals surface area contributed by atoms with Gasteiger partial charge in [0.05, 0.1) is 19.8 Å². The molecule has 0 fully saturated rings. The maximum atomic E-state index is 12.6. The van der Waals surface area contributed by atoms with Crippen molar-refractivity contribution in [1.82, 2.24) is 0 Å². The summed E-state index contributed by atoms with van der Waals surface area (Å²) in [6.45, 7) is 4.85. The minimum Gasteiger partial charge on any atom is -0.457 e. The molecule has 0 rings (SSSR count). The van der Waals surface area contributed by atoms with Gasteiger partial charge in [0.15, 0.2) is 0 Å². The average Bonchev–Trinajstić information content (AvgIpc) is 3.13. The molecule has 0 spiro atoms. The number of phosphoric ester groups is 1. The van der Waals surface area contributed by atoms with E-state index < -0.39 is 13.9 Å². The molecule has 9 heteroatoms. The molecule has 0 saturated carbocycles. The number of rotatable bonds is 40. The van der Waals surface area contributed by atoms with Gasteiger partial charge < -0.3 is 20.1 Å². The first-order valence-corrected chi connectivity index (χ1v) is 22.6. The Morgan fingerprint density at radius 2 is 1.02 bits per heavy atom. The highest BCUT2D eigenvalue weighted by Crippen LogP contribution is 2.43. The fourth-order valence-corrected chi connectivity index (χ4v) is 6.35. The first kappa shape index (κ1) is 50.5. The summed E-state index contributed by atoms with van der Waals surface area (Å²) in [6, 6.07) is 0. The quantitative estimate of drug-likeness (QED) is 0.0275. The van der Waals surface area contributed by atoms with E-state index in [0.717, 1.165) is 57.8 Å². The third-order valence-corrected chi connectivity index (χ3v) is 9.70. The van der Waals surface area contributed by atoms with E-state index in [9.17, 15) is 14.3 Å². The molecule has 0 aromatic carbocycles. The van der Waals surface area contributed by atoms with Crippen molar-refractivity contribution in [2.75, 3.05) is 33.0 Å². The zero-order chi connectivity index (χ0) is 38.1. The SMILES string of the molecule is CCCCC/C=C\C/C=C\C/C=C\CCCCCCCCC(=O)OC(COCCCCCCCC/C=C\CCCCCC)COP(=O)(O)OCCN. The monoisotopic (exact) mass is 754 g/mol. The largest absolute Gasteiger partial charge is 0.472 e. The topological polar surface area (TPSA) is 117 Å². The summed E-state index contributed by atoms with van der Waals surface area (Å²) in [5, 5.41) is 0. The zero-order valence-electron chi connectivity index (χ0n) is 33.5. The Labute approximate surface area is 320 Å². The van der Waals surface area contributed by atoms with Crippen LogP contribution in [0.4, 0.5) is 0 Å². The van der Waals surface area contributed by atoms with Gasteiger partial charge in [0.2, 0.25) is 0 Å². The lowest BCUT2D eigenvalue weighted by atomic mass is 10.1. The highest BCUT2D eigenvalue weighted by Gasteiger charge is 2.25. The van der Waals surface area contributed by atoms with Gasteiger partial charge in [0, 0.05) is 19.6 Å². The van der Waals surface area contributed by atoms with Crippen LogP contribution in [0.15, 0.2) is 48.6 Å². The Hall–Kier alpha value is -1.54. The van der Waals surface area contributed by atoms with Crippen LogP contribution in [0.2, 0.25) is 0 Å². The fourth-order valence-electron chi connectivity index (χ4n) is 5.59. The van der Waals surface area contributed by atoms with E-state index in [1.54, 1.807) is 0 Å². The molecule has 0 amide bonds. The molecule has 304 valence electrons. The second-order valence-corrected chi connectivity index (χ2v) is 15.3. The molecule has 0 radical (unpaired) electrons. The summed E-state index contributed by atoms with van der Waals surface area (Å²) >= 11 is 0. The van der Waals surface area contributed by atoms with Crippen molar-refractivity contribution in [2.24, 2.45) is 5.73 Å². The smallest absolute Gasteiger partial charge is 0.457 e. The Morgan fingerprint density at radius 3 is 1.58 bits per heavy atom. The Bertz CT molecular complexity index is 936. The number of hydrogen-bond acceptors (Lipinski definition) is 7. The summed E-state index contributed by atoms with van der Waals surface area (Å²) in [4.78, 5) is 22.5. The summed E-state index contributed by atoms with van der Waals surface area (Å²) < 4.78 is 33.4. The molecule has 0 aromatic heterocycles. The molecule has 2 unspecified atom stereocenters. The lowest BCUT2D eigenvalue weighted by Gasteiger charge is -2.20. The number of unbranched alkanes of at least 4 members (excludes halogenated alkanes) is 19. The first-order valence-electron chi connectivity index (χ1n) is 21.1.